The third kappa shape index (κ3) is 4.59. The van der Waals surface area contributed by atoms with Crippen LogP contribution in [0.3, 0.4) is 0 Å². The Bertz CT molecular complexity index is 1150. The quantitative estimate of drug-likeness (QED) is 0.559. The zero-order valence-electron chi connectivity index (χ0n) is 17.3. The van der Waals surface area contributed by atoms with Crippen molar-refractivity contribution >= 4 is 21.6 Å². The molecule has 1 atom stereocenters. The lowest BCUT2D eigenvalue weighted by molar-refractivity contribution is 0.0652. The van der Waals surface area contributed by atoms with E-state index in [2.05, 4.69) is 4.72 Å². The normalized spacial score (nSPS) is 14.6. The fraction of sp³-hybridized carbons (Fsp3) is 0.261. The molecule has 1 aliphatic rings. The van der Waals surface area contributed by atoms with E-state index in [9.17, 15) is 13.2 Å². The van der Waals surface area contributed by atoms with Crippen molar-refractivity contribution in [2.45, 2.75) is 36.7 Å². The van der Waals surface area contributed by atoms with E-state index in [4.69, 9.17) is 9.15 Å². The van der Waals surface area contributed by atoms with Crippen molar-refractivity contribution in [3.8, 4) is 5.75 Å². The monoisotopic (exact) mass is 440 g/mol. The summed E-state index contributed by atoms with van der Waals surface area (Å²) in [4.78, 5) is 15.1. The SMILES string of the molecule is COc1ccc(NS(=O)(=O)c2cccc(C(=O)N(C3CC3)C(C)c3ccco3)c2)cc1. The van der Waals surface area contributed by atoms with E-state index in [0.29, 0.717) is 22.8 Å². The van der Waals surface area contributed by atoms with Crippen molar-refractivity contribution in [1.82, 2.24) is 4.90 Å². The minimum absolute atomic E-state index is 0.0237. The molecule has 1 amide bonds. The van der Waals surface area contributed by atoms with Crippen molar-refractivity contribution in [3.05, 3.63) is 78.3 Å². The van der Waals surface area contributed by atoms with Gasteiger partial charge in [0.25, 0.3) is 15.9 Å². The number of hydrogen-bond donors (Lipinski definition) is 1. The van der Waals surface area contributed by atoms with E-state index < -0.39 is 10.0 Å². The van der Waals surface area contributed by atoms with Gasteiger partial charge >= 0.3 is 0 Å². The maximum Gasteiger partial charge on any atom is 0.261 e. The summed E-state index contributed by atoms with van der Waals surface area (Å²) in [6.45, 7) is 1.92. The summed E-state index contributed by atoms with van der Waals surface area (Å²) in [5, 5.41) is 0. The van der Waals surface area contributed by atoms with Crippen molar-refractivity contribution in [2.75, 3.05) is 11.8 Å². The Kier molecular flexibility index (Phi) is 5.73. The standard InChI is InChI=1S/C23H24N2O5S/c1-16(22-7-4-14-30-22)25(19-10-11-19)23(26)17-5-3-6-21(15-17)31(27,28)24-18-8-12-20(29-2)13-9-18/h3-9,12-16,19,24H,10-11H2,1-2H3. The number of amides is 1. The molecular formula is C23H24N2O5S. The molecule has 4 rings (SSSR count). The molecule has 0 saturated heterocycles. The molecule has 162 valence electrons. The second kappa shape index (κ2) is 8.47. The van der Waals surface area contributed by atoms with Crippen LogP contribution in [-0.4, -0.2) is 32.4 Å². The van der Waals surface area contributed by atoms with Crippen LogP contribution in [0.1, 0.15) is 41.9 Å². The first kappa shape index (κ1) is 21.0. The van der Waals surface area contributed by atoms with Gasteiger partial charge in [0.2, 0.25) is 0 Å². The van der Waals surface area contributed by atoms with E-state index in [1.54, 1.807) is 60.7 Å². The van der Waals surface area contributed by atoms with Gasteiger partial charge in [0.15, 0.2) is 0 Å². The summed E-state index contributed by atoms with van der Waals surface area (Å²) < 4.78 is 38.9. The van der Waals surface area contributed by atoms with Crippen LogP contribution in [0.4, 0.5) is 5.69 Å². The summed E-state index contributed by atoms with van der Waals surface area (Å²) in [6.07, 6.45) is 3.43. The lowest BCUT2D eigenvalue weighted by atomic mass is 10.1. The molecule has 1 heterocycles. The van der Waals surface area contributed by atoms with E-state index >= 15 is 0 Å². The van der Waals surface area contributed by atoms with Crippen LogP contribution in [0.15, 0.2) is 76.2 Å². The number of hydrogen-bond acceptors (Lipinski definition) is 5. The predicted octanol–water partition coefficient (Wildman–Crippen LogP) is 4.45. The Morgan fingerprint density at radius 3 is 2.48 bits per heavy atom. The van der Waals surface area contributed by atoms with Gasteiger partial charge in [-0.15, -0.1) is 0 Å². The Hall–Kier alpha value is -3.26. The molecule has 0 spiro atoms. The van der Waals surface area contributed by atoms with Crippen LogP contribution in [0.2, 0.25) is 0 Å². The summed E-state index contributed by atoms with van der Waals surface area (Å²) in [5.74, 6) is 1.11. The second-order valence-electron chi connectivity index (χ2n) is 7.50. The topological polar surface area (TPSA) is 88.8 Å². The highest BCUT2D eigenvalue weighted by Crippen LogP contribution is 2.36. The summed E-state index contributed by atoms with van der Waals surface area (Å²) >= 11 is 0. The van der Waals surface area contributed by atoms with E-state index in [1.807, 2.05) is 13.0 Å². The van der Waals surface area contributed by atoms with Gasteiger partial charge < -0.3 is 14.1 Å². The smallest absolute Gasteiger partial charge is 0.261 e. The molecule has 1 aromatic heterocycles. The van der Waals surface area contributed by atoms with Crippen molar-refractivity contribution in [3.63, 3.8) is 0 Å². The van der Waals surface area contributed by atoms with Crippen molar-refractivity contribution in [1.29, 1.82) is 0 Å². The van der Waals surface area contributed by atoms with E-state index in [0.717, 1.165) is 12.8 Å². The molecule has 7 nitrogen and oxygen atoms in total. The van der Waals surface area contributed by atoms with Crippen molar-refractivity contribution in [2.24, 2.45) is 0 Å². The first-order valence-corrected chi connectivity index (χ1v) is 11.5. The average Bonchev–Trinajstić information content (AvgIpc) is 3.45. The van der Waals surface area contributed by atoms with Crippen LogP contribution in [-0.2, 0) is 10.0 Å². The molecule has 1 aliphatic carbocycles. The first-order valence-electron chi connectivity index (χ1n) is 10.0. The number of carbonyl (C=O) groups excluding carboxylic acids is 1. The first-order chi connectivity index (χ1) is 14.9. The van der Waals surface area contributed by atoms with Gasteiger partial charge in [-0.2, -0.15) is 0 Å². The summed E-state index contributed by atoms with van der Waals surface area (Å²) in [7, 11) is -2.32. The number of carbonyl (C=O) groups is 1. The molecule has 1 saturated carbocycles. The minimum Gasteiger partial charge on any atom is -0.497 e. The number of ether oxygens (including phenoxy) is 1. The maximum absolute atomic E-state index is 13.3. The maximum atomic E-state index is 13.3. The van der Waals surface area contributed by atoms with Crippen LogP contribution in [0, 0.1) is 0 Å². The predicted molar refractivity (Wildman–Crippen MR) is 117 cm³/mol. The Morgan fingerprint density at radius 1 is 1.13 bits per heavy atom. The summed E-state index contributed by atoms with van der Waals surface area (Å²) in [6, 6.07) is 16.2. The van der Waals surface area contributed by atoms with E-state index in [-0.39, 0.29) is 22.9 Å². The van der Waals surface area contributed by atoms with Gasteiger partial charge in [0.05, 0.1) is 24.3 Å². The van der Waals surface area contributed by atoms with Crippen molar-refractivity contribution < 1.29 is 22.4 Å². The van der Waals surface area contributed by atoms with Gasteiger partial charge in [-0.25, -0.2) is 8.42 Å². The molecule has 3 aromatic rings. The number of methoxy groups -OCH3 is 1. The number of rotatable bonds is 8. The van der Waals surface area contributed by atoms with Gasteiger partial charge in [-0.3, -0.25) is 9.52 Å². The lowest BCUT2D eigenvalue weighted by Crippen LogP contribution is -2.35. The van der Waals surface area contributed by atoms with Gasteiger partial charge in [-0.1, -0.05) is 6.07 Å². The fourth-order valence-corrected chi connectivity index (χ4v) is 4.60. The number of furan rings is 1. The third-order valence-electron chi connectivity index (χ3n) is 5.28. The molecule has 1 fully saturated rings. The zero-order valence-corrected chi connectivity index (χ0v) is 18.1. The molecule has 1 unspecified atom stereocenters. The number of benzene rings is 2. The number of nitrogens with zero attached hydrogens (tertiary/aromatic N) is 1. The van der Waals surface area contributed by atoms with E-state index in [1.165, 1.54) is 12.1 Å². The fourth-order valence-electron chi connectivity index (χ4n) is 3.50. The van der Waals surface area contributed by atoms with Crippen LogP contribution in [0.5, 0.6) is 5.75 Å². The molecule has 0 aliphatic heterocycles. The second-order valence-corrected chi connectivity index (χ2v) is 9.18. The summed E-state index contributed by atoms with van der Waals surface area (Å²) in [5.41, 5.74) is 0.728. The van der Waals surface area contributed by atoms with Gasteiger partial charge in [0.1, 0.15) is 11.5 Å². The zero-order chi connectivity index (χ0) is 22.0. The third-order valence-corrected chi connectivity index (χ3v) is 6.66. The highest BCUT2D eigenvalue weighted by atomic mass is 32.2. The van der Waals surface area contributed by atoms with Crippen LogP contribution < -0.4 is 9.46 Å². The number of nitrogens with one attached hydrogen (secondary N) is 1. The highest BCUT2D eigenvalue weighted by Gasteiger charge is 2.37. The Labute approximate surface area is 181 Å². The molecule has 1 N–H and O–H groups in total. The molecule has 0 bridgehead atoms. The van der Waals surface area contributed by atoms with Crippen LogP contribution in [0.25, 0.3) is 0 Å². The highest BCUT2D eigenvalue weighted by molar-refractivity contribution is 7.92. The molecule has 0 radical (unpaired) electrons. The molecule has 31 heavy (non-hydrogen) atoms. The largest absolute Gasteiger partial charge is 0.497 e. The Morgan fingerprint density at radius 2 is 1.87 bits per heavy atom. The molecule has 2 aromatic carbocycles. The molecular weight excluding hydrogens is 416 g/mol. The Balaban J connectivity index is 1.58. The average molecular weight is 441 g/mol. The number of sulfonamides is 1. The molecule has 8 heteroatoms. The minimum atomic E-state index is -3.86. The van der Waals surface area contributed by atoms with Gasteiger partial charge in [-0.05, 0) is 74.4 Å². The lowest BCUT2D eigenvalue weighted by Gasteiger charge is -2.28. The van der Waals surface area contributed by atoms with Crippen LogP contribution >= 0.6 is 0 Å². The van der Waals surface area contributed by atoms with Gasteiger partial charge in [0, 0.05) is 17.3 Å². The number of anilines is 1.